The second-order valence-electron chi connectivity index (χ2n) is 4.39. The molecule has 5 heteroatoms. The van der Waals surface area contributed by atoms with E-state index in [0.717, 1.165) is 33.0 Å². The molecule has 0 spiro atoms. The van der Waals surface area contributed by atoms with Crippen LogP contribution in [-0.4, -0.2) is 17.0 Å². The van der Waals surface area contributed by atoms with E-state index >= 15 is 0 Å². The van der Waals surface area contributed by atoms with Crippen molar-refractivity contribution in [2.75, 3.05) is 11.9 Å². The molecule has 0 radical (unpaired) electrons. The van der Waals surface area contributed by atoms with Gasteiger partial charge < -0.3 is 5.32 Å². The quantitative estimate of drug-likeness (QED) is 0.716. The molecular formula is C12H12BrIN2S. The molecule has 1 aliphatic heterocycles. The molecule has 3 rings (SSSR count). The highest BCUT2D eigenvalue weighted by atomic mass is 127. The maximum Gasteiger partial charge on any atom is 0.161 e. The Labute approximate surface area is 127 Å². The number of aliphatic imine (C=N–C) groups is 1. The Bertz CT molecular complexity index is 474. The molecule has 0 amide bonds. The molecule has 1 N–H and O–H groups in total. The van der Waals surface area contributed by atoms with Gasteiger partial charge in [-0.1, -0.05) is 11.8 Å². The normalized spacial score (nSPS) is 23.6. The average molecular weight is 423 g/mol. The van der Waals surface area contributed by atoms with Crippen LogP contribution in [0.3, 0.4) is 0 Å². The Morgan fingerprint density at radius 3 is 3.00 bits per heavy atom. The first kappa shape index (κ1) is 12.3. The molecule has 1 aromatic carbocycles. The summed E-state index contributed by atoms with van der Waals surface area (Å²) in [6.45, 7) is 0.985. The minimum Gasteiger partial charge on any atom is -0.334 e. The summed E-state index contributed by atoms with van der Waals surface area (Å²) in [5, 5.41) is 5.22. The maximum absolute atomic E-state index is 4.59. The minimum atomic E-state index is 0.721. The molecule has 1 aromatic rings. The molecular weight excluding hydrogens is 411 g/mol. The van der Waals surface area contributed by atoms with Crippen LogP contribution in [0.5, 0.6) is 0 Å². The molecule has 2 nitrogen and oxygen atoms in total. The molecule has 0 bridgehead atoms. The van der Waals surface area contributed by atoms with Gasteiger partial charge in [0.15, 0.2) is 5.17 Å². The predicted octanol–water partition coefficient (Wildman–Crippen LogP) is 4.35. The van der Waals surface area contributed by atoms with Gasteiger partial charge >= 0.3 is 0 Å². The van der Waals surface area contributed by atoms with Crippen molar-refractivity contribution in [1.82, 2.24) is 0 Å². The van der Waals surface area contributed by atoms with Crippen LogP contribution in [0.1, 0.15) is 12.8 Å². The fraction of sp³-hybridized carbons (Fsp3) is 0.417. The van der Waals surface area contributed by atoms with Crippen LogP contribution in [-0.2, 0) is 0 Å². The summed E-state index contributed by atoms with van der Waals surface area (Å²) in [6.07, 6.45) is 2.79. The summed E-state index contributed by atoms with van der Waals surface area (Å²) in [5.74, 6) is 0.919. The Morgan fingerprint density at radius 1 is 1.41 bits per heavy atom. The number of rotatable bonds is 2. The van der Waals surface area contributed by atoms with Crippen LogP contribution >= 0.6 is 50.3 Å². The summed E-state index contributed by atoms with van der Waals surface area (Å²) in [5.41, 5.74) is 1.11. The van der Waals surface area contributed by atoms with E-state index in [1.807, 2.05) is 11.8 Å². The highest BCUT2D eigenvalue weighted by Crippen LogP contribution is 2.42. The second kappa shape index (κ2) is 5.09. The van der Waals surface area contributed by atoms with Crippen molar-refractivity contribution >= 4 is 61.1 Å². The summed E-state index contributed by atoms with van der Waals surface area (Å²) >= 11 is 7.80. The first-order valence-electron chi connectivity index (χ1n) is 5.65. The van der Waals surface area contributed by atoms with E-state index in [4.69, 9.17) is 0 Å². The lowest BCUT2D eigenvalue weighted by atomic mass is 10.3. The zero-order chi connectivity index (χ0) is 11.8. The lowest BCUT2D eigenvalue weighted by Crippen LogP contribution is -2.09. The van der Waals surface area contributed by atoms with Crippen LogP contribution in [0, 0.1) is 9.49 Å². The SMILES string of the molecule is Brc1ccc(I)cc1NC1=NCC(C2CC2)S1. The Kier molecular flexibility index (Phi) is 3.68. The predicted molar refractivity (Wildman–Crippen MR) is 86.9 cm³/mol. The monoisotopic (exact) mass is 422 g/mol. The van der Waals surface area contributed by atoms with E-state index in [-0.39, 0.29) is 0 Å². The highest BCUT2D eigenvalue weighted by Gasteiger charge is 2.35. The summed E-state index contributed by atoms with van der Waals surface area (Å²) < 4.78 is 2.33. The molecule has 0 saturated heterocycles. The van der Waals surface area contributed by atoms with Crippen molar-refractivity contribution in [3.05, 3.63) is 26.2 Å². The summed E-state index contributed by atoms with van der Waals surface area (Å²) in [6, 6.07) is 6.30. The van der Waals surface area contributed by atoms with Gasteiger partial charge in [0.2, 0.25) is 0 Å². The minimum absolute atomic E-state index is 0.721. The molecule has 1 atom stereocenters. The van der Waals surface area contributed by atoms with E-state index in [1.54, 1.807) is 0 Å². The number of halogens is 2. The van der Waals surface area contributed by atoms with Gasteiger partial charge in [0, 0.05) is 13.3 Å². The molecule has 17 heavy (non-hydrogen) atoms. The molecule has 90 valence electrons. The van der Waals surface area contributed by atoms with E-state index in [0.29, 0.717) is 0 Å². The number of thioether (sulfide) groups is 1. The lowest BCUT2D eigenvalue weighted by Gasteiger charge is -2.09. The fourth-order valence-electron chi connectivity index (χ4n) is 1.88. The molecule has 0 aromatic heterocycles. The smallest absolute Gasteiger partial charge is 0.161 e. The van der Waals surface area contributed by atoms with Crippen LogP contribution in [0.25, 0.3) is 0 Å². The van der Waals surface area contributed by atoms with Crippen molar-refractivity contribution in [1.29, 1.82) is 0 Å². The number of amidine groups is 1. The molecule has 1 fully saturated rings. The van der Waals surface area contributed by atoms with Gasteiger partial charge in [-0.2, -0.15) is 0 Å². The van der Waals surface area contributed by atoms with Crippen molar-refractivity contribution in [3.63, 3.8) is 0 Å². The Hall–Kier alpha value is 0.250. The average Bonchev–Trinajstić information content (AvgIpc) is 3.05. The zero-order valence-corrected chi connectivity index (χ0v) is 13.7. The van der Waals surface area contributed by atoms with E-state index in [1.165, 1.54) is 16.4 Å². The zero-order valence-electron chi connectivity index (χ0n) is 9.12. The van der Waals surface area contributed by atoms with E-state index in [9.17, 15) is 0 Å². The third-order valence-corrected chi connectivity index (χ3v) is 5.65. The van der Waals surface area contributed by atoms with Crippen molar-refractivity contribution in [2.45, 2.75) is 18.1 Å². The van der Waals surface area contributed by atoms with E-state index in [2.05, 4.69) is 67.0 Å². The highest BCUT2D eigenvalue weighted by molar-refractivity contribution is 14.1. The third-order valence-electron chi connectivity index (χ3n) is 3.00. The van der Waals surface area contributed by atoms with Crippen LogP contribution in [0.2, 0.25) is 0 Å². The van der Waals surface area contributed by atoms with Crippen LogP contribution < -0.4 is 5.32 Å². The molecule has 2 aliphatic rings. The topological polar surface area (TPSA) is 24.4 Å². The Morgan fingerprint density at radius 2 is 2.24 bits per heavy atom. The summed E-state index contributed by atoms with van der Waals surface area (Å²) in [4.78, 5) is 4.59. The fourth-order valence-corrected chi connectivity index (χ4v) is 3.94. The van der Waals surface area contributed by atoms with Crippen molar-refractivity contribution < 1.29 is 0 Å². The van der Waals surface area contributed by atoms with Gasteiger partial charge in [-0.3, -0.25) is 4.99 Å². The number of benzene rings is 1. The number of hydrogen-bond donors (Lipinski definition) is 1. The van der Waals surface area contributed by atoms with Gasteiger partial charge in [0.1, 0.15) is 0 Å². The number of nitrogens with one attached hydrogen (secondary N) is 1. The Balaban J connectivity index is 1.68. The largest absolute Gasteiger partial charge is 0.334 e. The van der Waals surface area contributed by atoms with Crippen LogP contribution in [0.4, 0.5) is 5.69 Å². The standard InChI is InChI=1S/C12H12BrIN2S/c13-9-4-3-8(14)5-10(9)16-12-15-6-11(17-12)7-1-2-7/h3-5,7,11H,1-2,6H2,(H,15,16). The summed E-state index contributed by atoms with van der Waals surface area (Å²) in [7, 11) is 0. The van der Waals surface area contributed by atoms with Gasteiger partial charge in [0.05, 0.1) is 12.2 Å². The van der Waals surface area contributed by atoms with Gasteiger partial charge in [-0.25, -0.2) is 0 Å². The van der Waals surface area contributed by atoms with Gasteiger partial charge in [0.25, 0.3) is 0 Å². The second-order valence-corrected chi connectivity index (χ2v) is 7.72. The first-order chi connectivity index (χ1) is 8.22. The molecule has 1 saturated carbocycles. The maximum atomic E-state index is 4.59. The molecule has 1 unspecified atom stereocenters. The lowest BCUT2D eigenvalue weighted by molar-refractivity contribution is 0.773. The third kappa shape index (κ3) is 2.98. The number of nitrogens with zero attached hydrogens (tertiary/aromatic N) is 1. The van der Waals surface area contributed by atoms with Gasteiger partial charge in [-0.15, -0.1) is 0 Å². The van der Waals surface area contributed by atoms with Crippen molar-refractivity contribution in [2.24, 2.45) is 10.9 Å². The van der Waals surface area contributed by atoms with Crippen LogP contribution in [0.15, 0.2) is 27.7 Å². The molecule has 1 aliphatic carbocycles. The first-order valence-corrected chi connectivity index (χ1v) is 8.41. The van der Waals surface area contributed by atoms with Gasteiger partial charge in [-0.05, 0) is 75.5 Å². The van der Waals surface area contributed by atoms with Crippen molar-refractivity contribution in [3.8, 4) is 0 Å². The van der Waals surface area contributed by atoms with E-state index < -0.39 is 0 Å². The molecule has 1 heterocycles. The number of anilines is 1. The number of hydrogen-bond acceptors (Lipinski definition) is 3.